The number of likely N-dealkylation sites (tertiary alicyclic amines) is 1. The summed E-state index contributed by atoms with van der Waals surface area (Å²) >= 11 is 9.45. The Hall–Kier alpha value is -3.27. The lowest BCUT2D eigenvalue weighted by atomic mass is 9.91. The number of ether oxygens (including phenoxy) is 1. The molecule has 10 heteroatoms. The lowest BCUT2D eigenvalue weighted by Gasteiger charge is -2.32. The number of fused-ring (bicyclic) bond motifs is 1. The summed E-state index contributed by atoms with van der Waals surface area (Å²) in [4.78, 5) is 28.4. The van der Waals surface area contributed by atoms with E-state index in [0.29, 0.717) is 24.7 Å². The Morgan fingerprint density at radius 2 is 1.79 bits per heavy atom. The first-order chi connectivity index (χ1) is 18.6. The standard InChI is InChI=1S/C28H26ClN5O2S2/c1-2-36-28(35)33-13-9-21(10-14-33)34-23-17-19(5-8-22(23)32-25(34)27-31-12-16-38-27)24(26-30-11-15-37-26)18-3-6-20(29)7-4-18/h3-8,11-12,15-17,21,24H,2,9-10,13-14H2,1H3. The first-order valence-corrected chi connectivity index (χ1v) is 14.7. The van der Waals surface area contributed by atoms with Crippen LogP contribution in [0.1, 0.15) is 47.9 Å². The van der Waals surface area contributed by atoms with Crippen molar-refractivity contribution in [1.29, 1.82) is 0 Å². The van der Waals surface area contributed by atoms with E-state index in [4.69, 9.17) is 21.3 Å². The number of carbonyl (C=O) groups excluding carboxylic acids is 1. The minimum absolute atomic E-state index is 0.0195. The van der Waals surface area contributed by atoms with Gasteiger partial charge in [0.2, 0.25) is 0 Å². The minimum Gasteiger partial charge on any atom is -0.450 e. The Morgan fingerprint density at radius 1 is 1.05 bits per heavy atom. The molecule has 38 heavy (non-hydrogen) atoms. The molecule has 0 saturated carbocycles. The Morgan fingerprint density at radius 3 is 2.47 bits per heavy atom. The van der Waals surface area contributed by atoms with Crippen molar-refractivity contribution in [1.82, 2.24) is 24.4 Å². The van der Waals surface area contributed by atoms with Gasteiger partial charge < -0.3 is 14.2 Å². The van der Waals surface area contributed by atoms with Gasteiger partial charge in [-0.15, -0.1) is 22.7 Å². The number of piperidine rings is 1. The molecular formula is C28H26ClN5O2S2. The van der Waals surface area contributed by atoms with Crippen LogP contribution in [0, 0.1) is 0 Å². The van der Waals surface area contributed by atoms with Crippen molar-refractivity contribution in [2.24, 2.45) is 0 Å². The number of hydrogen-bond donors (Lipinski definition) is 0. The van der Waals surface area contributed by atoms with Crippen LogP contribution in [0.2, 0.25) is 5.02 Å². The van der Waals surface area contributed by atoms with Crippen LogP contribution in [0.4, 0.5) is 4.79 Å². The molecule has 1 fully saturated rings. The van der Waals surface area contributed by atoms with Crippen LogP contribution < -0.4 is 0 Å². The number of hydrogen-bond acceptors (Lipinski definition) is 7. The molecule has 1 unspecified atom stereocenters. The molecule has 2 aromatic carbocycles. The van der Waals surface area contributed by atoms with E-state index in [1.807, 2.05) is 42.2 Å². The molecule has 4 heterocycles. The number of imidazole rings is 1. The van der Waals surface area contributed by atoms with Gasteiger partial charge in [0.25, 0.3) is 0 Å². The number of carbonyl (C=O) groups is 1. The summed E-state index contributed by atoms with van der Waals surface area (Å²) in [6.07, 6.45) is 5.07. The highest BCUT2D eigenvalue weighted by Crippen LogP contribution is 2.38. The first-order valence-electron chi connectivity index (χ1n) is 12.6. The fraction of sp³-hybridized carbons (Fsp3) is 0.286. The van der Waals surface area contributed by atoms with Crippen LogP contribution in [0.3, 0.4) is 0 Å². The van der Waals surface area contributed by atoms with Crippen LogP contribution in [0.5, 0.6) is 0 Å². The molecule has 1 saturated heterocycles. The molecule has 1 aliphatic rings. The molecular weight excluding hydrogens is 538 g/mol. The number of nitrogens with zero attached hydrogens (tertiary/aromatic N) is 5. The van der Waals surface area contributed by atoms with Crippen molar-refractivity contribution < 1.29 is 9.53 Å². The van der Waals surface area contributed by atoms with Crippen LogP contribution in [-0.2, 0) is 4.74 Å². The summed E-state index contributed by atoms with van der Waals surface area (Å²) in [5.41, 5.74) is 4.28. The predicted molar refractivity (Wildman–Crippen MR) is 152 cm³/mol. The van der Waals surface area contributed by atoms with Gasteiger partial charge in [0.05, 0.1) is 23.6 Å². The summed E-state index contributed by atoms with van der Waals surface area (Å²) in [6.45, 7) is 3.51. The average molecular weight is 564 g/mol. The zero-order valence-corrected chi connectivity index (χ0v) is 23.2. The highest BCUT2D eigenvalue weighted by Gasteiger charge is 2.29. The molecule has 0 bridgehead atoms. The van der Waals surface area contributed by atoms with Crippen molar-refractivity contribution in [3.05, 3.63) is 86.8 Å². The SMILES string of the molecule is CCOC(=O)N1CCC(n2c(-c3nccs3)nc3ccc(C(c4ccc(Cl)cc4)c4nccs4)cc32)CC1. The second kappa shape index (κ2) is 10.8. The average Bonchev–Trinajstić information content (AvgIpc) is 3.71. The van der Waals surface area contributed by atoms with Crippen molar-refractivity contribution in [2.45, 2.75) is 31.7 Å². The molecule has 0 aliphatic carbocycles. The fourth-order valence-corrected chi connectivity index (χ4v) is 6.71. The minimum atomic E-state index is -0.238. The molecule has 0 spiro atoms. The molecule has 1 aliphatic heterocycles. The lowest BCUT2D eigenvalue weighted by molar-refractivity contribution is 0.0931. The van der Waals surface area contributed by atoms with Gasteiger partial charge in [-0.1, -0.05) is 29.8 Å². The quantitative estimate of drug-likeness (QED) is 0.218. The van der Waals surface area contributed by atoms with Crippen molar-refractivity contribution in [3.8, 4) is 10.8 Å². The van der Waals surface area contributed by atoms with Gasteiger partial charge in [-0.05, 0) is 55.2 Å². The number of aromatic nitrogens is 4. The zero-order chi connectivity index (χ0) is 26.1. The molecule has 1 atom stereocenters. The van der Waals surface area contributed by atoms with E-state index < -0.39 is 0 Å². The second-order valence-electron chi connectivity index (χ2n) is 9.16. The highest BCUT2D eigenvalue weighted by molar-refractivity contribution is 7.13. The molecule has 194 valence electrons. The Kier molecular flexibility index (Phi) is 7.14. The number of amides is 1. The summed E-state index contributed by atoms with van der Waals surface area (Å²) in [5, 5.41) is 6.62. The van der Waals surface area contributed by atoms with Crippen molar-refractivity contribution in [2.75, 3.05) is 19.7 Å². The second-order valence-corrected chi connectivity index (χ2v) is 11.4. The van der Waals surface area contributed by atoms with Crippen LogP contribution in [-0.4, -0.2) is 50.2 Å². The maximum atomic E-state index is 12.3. The summed E-state index contributed by atoms with van der Waals surface area (Å²) in [6, 6.07) is 14.7. The normalized spacial score (nSPS) is 15.2. The van der Waals surface area contributed by atoms with Crippen LogP contribution >= 0.6 is 34.3 Å². The third-order valence-electron chi connectivity index (χ3n) is 6.93. The summed E-state index contributed by atoms with van der Waals surface area (Å²) < 4.78 is 7.57. The Labute approximate surface area is 233 Å². The first kappa shape index (κ1) is 25.0. The monoisotopic (exact) mass is 563 g/mol. The molecule has 6 rings (SSSR count). The van der Waals surface area contributed by atoms with Gasteiger partial charge in [0, 0.05) is 47.3 Å². The van der Waals surface area contributed by atoms with Gasteiger partial charge in [0.1, 0.15) is 5.01 Å². The third kappa shape index (κ3) is 4.81. The maximum Gasteiger partial charge on any atom is 0.409 e. The van der Waals surface area contributed by atoms with Gasteiger partial charge in [-0.25, -0.2) is 19.7 Å². The number of benzene rings is 2. The molecule has 1 amide bonds. The maximum absolute atomic E-state index is 12.3. The predicted octanol–water partition coefficient (Wildman–Crippen LogP) is 7.24. The number of thiazole rings is 2. The summed E-state index contributed by atoms with van der Waals surface area (Å²) in [5.74, 6) is 0.855. The lowest BCUT2D eigenvalue weighted by Crippen LogP contribution is -2.39. The van der Waals surface area contributed by atoms with Crippen LogP contribution in [0.15, 0.2) is 65.6 Å². The van der Waals surface area contributed by atoms with E-state index >= 15 is 0 Å². The zero-order valence-electron chi connectivity index (χ0n) is 20.8. The van der Waals surface area contributed by atoms with Gasteiger partial charge in [0.15, 0.2) is 10.8 Å². The highest BCUT2D eigenvalue weighted by atomic mass is 35.5. The van der Waals surface area contributed by atoms with Gasteiger partial charge in [-0.3, -0.25) is 0 Å². The molecule has 0 radical (unpaired) electrons. The van der Waals surface area contributed by atoms with E-state index in [9.17, 15) is 4.79 Å². The third-order valence-corrected chi connectivity index (χ3v) is 8.79. The van der Waals surface area contributed by atoms with Crippen LogP contribution in [0.25, 0.3) is 21.9 Å². The smallest absolute Gasteiger partial charge is 0.409 e. The molecule has 3 aromatic heterocycles. The van der Waals surface area contributed by atoms with Gasteiger partial charge >= 0.3 is 6.09 Å². The van der Waals surface area contributed by atoms with Crippen molar-refractivity contribution >= 4 is 51.4 Å². The van der Waals surface area contributed by atoms with Gasteiger partial charge in [-0.2, -0.15) is 0 Å². The Balaban J connectivity index is 1.44. The van der Waals surface area contributed by atoms with Crippen molar-refractivity contribution in [3.63, 3.8) is 0 Å². The van der Waals surface area contributed by atoms with E-state index in [-0.39, 0.29) is 18.1 Å². The summed E-state index contributed by atoms with van der Waals surface area (Å²) in [7, 11) is 0. The number of rotatable bonds is 6. The topological polar surface area (TPSA) is 73.1 Å². The fourth-order valence-electron chi connectivity index (χ4n) is 5.18. The van der Waals surface area contributed by atoms with E-state index in [0.717, 1.165) is 50.8 Å². The van der Waals surface area contributed by atoms with E-state index in [1.54, 1.807) is 27.6 Å². The molecule has 7 nitrogen and oxygen atoms in total. The molecule has 5 aromatic rings. The largest absolute Gasteiger partial charge is 0.450 e. The Bertz CT molecular complexity index is 1530. The van der Waals surface area contributed by atoms with E-state index in [1.165, 1.54) is 0 Å². The number of halogens is 1. The molecule has 0 N–H and O–H groups in total. The van der Waals surface area contributed by atoms with E-state index in [2.05, 4.69) is 44.9 Å².